The lowest BCUT2D eigenvalue weighted by atomic mass is 10.3. The van der Waals surface area contributed by atoms with Crippen molar-refractivity contribution in [3.8, 4) is 0 Å². The van der Waals surface area contributed by atoms with Crippen molar-refractivity contribution in [2.75, 3.05) is 26.7 Å². The average Bonchev–Trinajstić information content (AvgIpc) is 2.33. The molecule has 18 heavy (non-hydrogen) atoms. The van der Waals surface area contributed by atoms with Crippen LogP contribution in [-0.2, 0) is 9.59 Å². The van der Waals surface area contributed by atoms with Crippen LogP contribution in [-0.4, -0.2) is 54.6 Å². The van der Waals surface area contributed by atoms with Gasteiger partial charge in [0, 0.05) is 26.6 Å². The molecule has 7 heteroatoms. The molecule has 0 aromatic heterocycles. The second-order valence-corrected chi connectivity index (χ2v) is 3.82. The Morgan fingerprint density at radius 2 is 1.94 bits per heavy atom. The first-order chi connectivity index (χ1) is 8.51. The van der Waals surface area contributed by atoms with Gasteiger partial charge in [-0.05, 0) is 12.8 Å². The number of urea groups is 1. The lowest BCUT2D eigenvalue weighted by Crippen LogP contribution is -2.45. The molecule has 0 aliphatic carbocycles. The van der Waals surface area contributed by atoms with Crippen LogP contribution in [0.25, 0.3) is 0 Å². The summed E-state index contributed by atoms with van der Waals surface area (Å²) in [7, 11) is 1.51. The zero-order valence-electron chi connectivity index (χ0n) is 10.9. The minimum atomic E-state index is -0.889. The van der Waals surface area contributed by atoms with Gasteiger partial charge in [0.1, 0.15) is 6.54 Å². The number of carbonyl (C=O) groups excluding carboxylic acids is 2. The molecule has 0 aromatic rings. The number of hydrogen-bond acceptors (Lipinski definition) is 3. The van der Waals surface area contributed by atoms with Crippen LogP contribution in [0.4, 0.5) is 4.79 Å². The standard InChI is InChI=1S/C11H21N3O4/c1-3-7-14(8-9(15)12-2)11(18)13-6-4-5-10(16)17/h3-8H2,1-2H3,(H,12,15)(H,13,18)(H,16,17). The van der Waals surface area contributed by atoms with Crippen LogP contribution in [0.2, 0.25) is 0 Å². The summed E-state index contributed by atoms with van der Waals surface area (Å²) >= 11 is 0. The van der Waals surface area contributed by atoms with Crippen LogP contribution in [0.3, 0.4) is 0 Å². The Morgan fingerprint density at radius 1 is 1.28 bits per heavy atom. The van der Waals surface area contributed by atoms with Crippen molar-refractivity contribution in [3.05, 3.63) is 0 Å². The van der Waals surface area contributed by atoms with Crippen molar-refractivity contribution in [2.45, 2.75) is 26.2 Å². The van der Waals surface area contributed by atoms with Crippen molar-refractivity contribution in [1.29, 1.82) is 0 Å². The predicted molar refractivity (Wildman–Crippen MR) is 66.2 cm³/mol. The number of nitrogens with zero attached hydrogens (tertiary/aromatic N) is 1. The van der Waals surface area contributed by atoms with Crippen molar-refractivity contribution >= 4 is 17.9 Å². The third-order valence-corrected chi connectivity index (χ3v) is 2.24. The molecule has 0 bridgehead atoms. The van der Waals surface area contributed by atoms with E-state index < -0.39 is 5.97 Å². The highest BCUT2D eigenvalue weighted by Crippen LogP contribution is 1.94. The highest BCUT2D eigenvalue weighted by atomic mass is 16.4. The molecule has 0 spiro atoms. The van der Waals surface area contributed by atoms with Crippen LogP contribution in [0.15, 0.2) is 0 Å². The highest BCUT2D eigenvalue weighted by molar-refractivity contribution is 5.83. The van der Waals surface area contributed by atoms with E-state index in [-0.39, 0.29) is 24.9 Å². The molecule has 0 aliphatic rings. The van der Waals surface area contributed by atoms with E-state index in [1.54, 1.807) is 0 Å². The lowest BCUT2D eigenvalue weighted by Gasteiger charge is -2.21. The number of nitrogens with one attached hydrogen (secondary N) is 2. The molecule has 0 saturated carbocycles. The van der Waals surface area contributed by atoms with Gasteiger partial charge in [0.25, 0.3) is 0 Å². The van der Waals surface area contributed by atoms with Gasteiger partial charge in [0.15, 0.2) is 0 Å². The van der Waals surface area contributed by atoms with Crippen LogP contribution in [0.5, 0.6) is 0 Å². The van der Waals surface area contributed by atoms with E-state index in [2.05, 4.69) is 10.6 Å². The third kappa shape index (κ3) is 7.48. The summed E-state index contributed by atoms with van der Waals surface area (Å²) in [4.78, 5) is 34.6. The fourth-order valence-corrected chi connectivity index (χ4v) is 1.32. The fraction of sp³-hybridized carbons (Fsp3) is 0.727. The van der Waals surface area contributed by atoms with Crippen LogP contribution in [0, 0.1) is 0 Å². The van der Waals surface area contributed by atoms with E-state index in [1.807, 2.05) is 6.92 Å². The summed E-state index contributed by atoms with van der Waals surface area (Å²) < 4.78 is 0. The zero-order valence-corrected chi connectivity index (χ0v) is 10.9. The molecule has 7 nitrogen and oxygen atoms in total. The van der Waals surface area contributed by atoms with Crippen molar-refractivity contribution < 1.29 is 19.5 Å². The van der Waals surface area contributed by atoms with Gasteiger partial charge in [-0.3, -0.25) is 9.59 Å². The summed E-state index contributed by atoms with van der Waals surface area (Å²) in [6.45, 7) is 2.70. The second-order valence-electron chi connectivity index (χ2n) is 3.82. The Hall–Kier alpha value is -1.79. The van der Waals surface area contributed by atoms with Gasteiger partial charge in [-0.1, -0.05) is 6.92 Å². The molecule has 0 radical (unpaired) electrons. The first kappa shape index (κ1) is 16.2. The predicted octanol–water partition coefficient (Wildman–Crippen LogP) is 0.0188. The molecule has 0 rings (SSSR count). The molecule has 0 heterocycles. The van der Waals surface area contributed by atoms with Crippen LogP contribution >= 0.6 is 0 Å². The van der Waals surface area contributed by atoms with Crippen molar-refractivity contribution in [3.63, 3.8) is 0 Å². The van der Waals surface area contributed by atoms with Gasteiger partial charge in [0.2, 0.25) is 5.91 Å². The fourth-order valence-electron chi connectivity index (χ4n) is 1.32. The molecule has 104 valence electrons. The number of amides is 3. The smallest absolute Gasteiger partial charge is 0.317 e. The number of likely N-dealkylation sites (N-methyl/N-ethyl adjacent to an activating group) is 1. The van der Waals surface area contributed by atoms with E-state index in [4.69, 9.17) is 5.11 Å². The summed E-state index contributed by atoms with van der Waals surface area (Å²) in [5.74, 6) is -1.12. The van der Waals surface area contributed by atoms with Crippen LogP contribution in [0.1, 0.15) is 26.2 Å². The molecule has 0 unspecified atom stereocenters. The molecule has 0 fully saturated rings. The SMILES string of the molecule is CCCN(CC(=O)NC)C(=O)NCCCC(=O)O. The number of carboxylic acids is 1. The molecule has 0 aliphatic heterocycles. The summed E-state index contributed by atoms with van der Waals surface area (Å²) in [6.07, 6.45) is 1.14. The minimum Gasteiger partial charge on any atom is -0.481 e. The van der Waals surface area contributed by atoms with E-state index in [9.17, 15) is 14.4 Å². The molecular weight excluding hydrogens is 238 g/mol. The molecule has 0 saturated heterocycles. The highest BCUT2D eigenvalue weighted by Gasteiger charge is 2.14. The Kier molecular flexibility index (Phi) is 8.34. The topological polar surface area (TPSA) is 98.7 Å². The Balaban J connectivity index is 4.05. The molecule has 0 aromatic carbocycles. The Bertz CT molecular complexity index is 294. The van der Waals surface area contributed by atoms with E-state index in [0.29, 0.717) is 19.5 Å². The lowest BCUT2D eigenvalue weighted by molar-refractivity contribution is -0.137. The summed E-state index contributed by atoms with van der Waals surface area (Å²) in [5.41, 5.74) is 0. The van der Waals surface area contributed by atoms with E-state index in [1.165, 1.54) is 11.9 Å². The summed E-state index contributed by atoms with van der Waals surface area (Å²) in [5, 5.41) is 13.5. The quantitative estimate of drug-likeness (QED) is 0.535. The number of rotatable bonds is 8. The summed E-state index contributed by atoms with van der Waals surface area (Å²) in [6, 6.07) is -0.342. The van der Waals surface area contributed by atoms with Gasteiger partial charge in [-0.15, -0.1) is 0 Å². The minimum absolute atomic E-state index is 0.00903. The normalized spacial score (nSPS) is 9.67. The number of hydrogen-bond donors (Lipinski definition) is 3. The maximum atomic E-state index is 11.7. The molecular formula is C11H21N3O4. The second kappa shape index (κ2) is 9.26. The van der Waals surface area contributed by atoms with E-state index in [0.717, 1.165) is 6.42 Å². The maximum absolute atomic E-state index is 11.7. The Morgan fingerprint density at radius 3 is 2.44 bits per heavy atom. The average molecular weight is 259 g/mol. The van der Waals surface area contributed by atoms with Crippen molar-refractivity contribution in [2.24, 2.45) is 0 Å². The number of carboxylic acid groups (broad SMARTS) is 1. The van der Waals surface area contributed by atoms with Gasteiger partial charge in [0.05, 0.1) is 0 Å². The Labute approximate surface area is 107 Å². The first-order valence-corrected chi connectivity index (χ1v) is 5.96. The molecule has 0 atom stereocenters. The van der Waals surface area contributed by atoms with Crippen molar-refractivity contribution in [1.82, 2.24) is 15.5 Å². The monoisotopic (exact) mass is 259 g/mol. The first-order valence-electron chi connectivity index (χ1n) is 5.96. The molecule has 3 N–H and O–H groups in total. The van der Waals surface area contributed by atoms with Gasteiger partial charge >= 0.3 is 12.0 Å². The third-order valence-electron chi connectivity index (χ3n) is 2.24. The number of carbonyl (C=O) groups is 3. The van der Waals surface area contributed by atoms with Gasteiger partial charge in [-0.25, -0.2) is 4.79 Å². The zero-order chi connectivity index (χ0) is 14.0. The van der Waals surface area contributed by atoms with Crippen LogP contribution < -0.4 is 10.6 Å². The maximum Gasteiger partial charge on any atom is 0.317 e. The van der Waals surface area contributed by atoms with E-state index >= 15 is 0 Å². The van der Waals surface area contributed by atoms with Gasteiger partial charge < -0.3 is 20.6 Å². The largest absolute Gasteiger partial charge is 0.481 e. The van der Waals surface area contributed by atoms with Gasteiger partial charge in [-0.2, -0.15) is 0 Å². The molecule has 3 amide bonds. The number of aliphatic carboxylic acids is 1.